The van der Waals surface area contributed by atoms with Crippen molar-refractivity contribution in [3.05, 3.63) is 70.3 Å². The van der Waals surface area contributed by atoms with Crippen LogP contribution in [-0.2, 0) is 32.1 Å². The first-order valence-corrected chi connectivity index (χ1v) is 17.4. The van der Waals surface area contributed by atoms with E-state index in [0.29, 0.717) is 61.1 Å². The Morgan fingerprint density at radius 1 is 1.02 bits per heavy atom. The molecule has 0 spiro atoms. The quantitative estimate of drug-likeness (QED) is 0.146. The Morgan fingerprint density at radius 2 is 1.83 bits per heavy atom. The van der Waals surface area contributed by atoms with Crippen molar-refractivity contribution in [3.63, 3.8) is 0 Å². The second kappa shape index (κ2) is 14.3. The van der Waals surface area contributed by atoms with E-state index in [-0.39, 0.29) is 55.0 Å². The zero-order valence-electron chi connectivity index (χ0n) is 27.9. The largest absolute Gasteiger partial charge is 0.508 e. The highest BCUT2D eigenvalue weighted by atomic mass is 16.6. The van der Waals surface area contributed by atoms with E-state index in [9.17, 15) is 29.7 Å². The van der Waals surface area contributed by atoms with Gasteiger partial charge in [-0.2, -0.15) is 0 Å². The van der Waals surface area contributed by atoms with E-state index in [1.165, 1.54) is 6.07 Å². The molecule has 3 N–H and O–H groups in total. The molecule has 2 aliphatic carbocycles. The van der Waals surface area contributed by atoms with Gasteiger partial charge in [0, 0.05) is 42.4 Å². The van der Waals surface area contributed by atoms with E-state index in [2.05, 4.69) is 25.7 Å². The SMILES string of the molecule is CC(C)CC/C=C1/C[C@@H](c2cccc(CO)c2)C#C[C@H]2CC(=O)Oc3cc(O)c(cc32)C[C@H]([C@]2(O)CCC[C@@H]3CC(=O)CC[C@H]32)OC1=O. The highest BCUT2D eigenvalue weighted by Crippen LogP contribution is 2.49. The van der Waals surface area contributed by atoms with Gasteiger partial charge in [-0.1, -0.05) is 62.5 Å². The van der Waals surface area contributed by atoms with Gasteiger partial charge in [0.25, 0.3) is 0 Å². The number of rotatable bonds is 6. The van der Waals surface area contributed by atoms with Gasteiger partial charge in [0.1, 0.15) is 29.0 Å². The summed E-state index contributed by atoms with van der Waals surface area (Å²) in [5.74, 6) is 5.26. The number of carbonyl (C=O) groups is 3. The van der Waals surface area contributed by atoms with Crippen LogP contribution in [0.4, 0.5) is 0 Å². The number of aromatic hydroxyl groups is 1. The summed E-state index contributed by atoms with van der Waals surface area (Å²) in [6, 6.07) is 10.7. The summed E-state index contributed by atoms with van der Waals surface area (Å²) >= 11 is 0. The molecule has 2 aromatic rings. The zero-order valence-corrected chi connectivity index (χ0v) is 27.9. The number of benzene rings is 2. The molecule has 0 saturated heterocycles. The number of esters is 2. The van der Waals surface area contributed by atoms with Crippen molar-refractivity contribution in [2.45, 2.75) is 115 Å². The first kappa shape index (κ1) is 34.0. The average molecular weight is 655 g/mol. The molecular formula is C40H46O8. The van der Waals surface area contributed by atoms with Gasteiger partial charge < -0.3 is 24.8 Å². The monoisotopic (exact) mass is 654 g/mol. The number of hydrogen-bond donors (Lipinski definition) is 3. The van der Waals surface area contributed by atoms with E-state index in [1.807, 2.05) is 30.3 Å². The molecule has 2 fully saturated rings. The van der Waals surface area contributed by atoms with Gasteiger partial charge in [0.15, 0.2) is 0 Å². The molecule has 6 rings (SSSR count). The highest BCUT2D eigenvalue weighted by Gasteiger charge is 2.52. The molecule has 48 heavy (non-hydrogen) atoms. The molecule has 8 heteroatoms. The number of ether oxygens (including phenoxy) is 2. The summed E-state index contributed by atoms with van der Waals surface area (Å²) in [4.78, 5) is 39.5. The van der Waals surface area contributed by atoms with Crippen LogP contribution in [0.1, 0.15) is 112 Å². The molecule has 2 bridgehead atoms. The Hall–Kier alpha value is -3.93. The summed E-state index contributed by atoms with van der Waals surface area (Å²) in [5.41, 5.74) is 1.72. The van der Waals surface area contributed by atoms with Gasteiger partial charge in [-0.3, -0.25) is 9.59 Å². The molecule has 2 heterocycles. The molecule has 254 valence electrons. The fourth-order valence-corrected chi connectivity index (χ4v) is 8.16. The highest BCUT2D eigenvalue weighted by molar-refractivity contribution is 5.89. The van der Waals surface area contributed by atoms with E-state index >= 15 is 0 Å². The van der Waals surface area contributed by atoms with Crippen LogP contribution in [0, 0.1) is 29.6 Å². The smallest absolute Gasteiger partial charge is 0.334 e. The third-order valence-electron chi connectivity index (χ3n) is 10.8. The van der Waals surface area contributed by atoms with Crippen LogP contribution < -0.4 is 4.74 Å². The molecule has 0 amide bonds. The minimum absolute atomic E-state index is 0.00634. The molecule has 0 aromatic heterocycles. The standard InChI is InChI=1S/C40H46O8/c1-24(2)6-3-9-30-17-27(26-8-4-7-25(16-26)23-41)11-12-28-21-38(44)47-36-22-35(43)31(19-33(28)36)20-37(48-39(30)45)40(46)15-5-10-29-18-32(42)13-14-34(29)40/h4,7-9,16,19,22,24,27-29,34,37,41,43,46H,3,5-6,10,13-15,17-18,20-21,23H2,1-2H3/b30-9-/t27-,28-,29+,34+,37+,40-/m0/s1. The summed E-state index contributed by atoms with van der Waals surface area (Å²) in [6.45, 7) is 4.11. The Morgan fingerprint density at radius 3 is 2.62 bits per heavy atom. The summed E-state index contributed by atoms with van der Waals surface area (Å²) in [6.07, 6.45) is 6.03. The van der Waals surface area contributed by atoms with Crippen molar-refractivity contribution >= 4 is 17.7 Å². The van der Waals surface area contributed by atoms with Crippen molar-refractivity contribution in [1.82, 2.24) is 0 Å². The lowest BCUT2D eigenvalue weighted by Crippen LogP contribution is -2.57. The molecule has 0 unspecified atom stereocenters. The first-order valence-electron chi connectivity index (χ1n) is 17.4. The molecule has 8 nitrogen and oxygen atoms in total. The van der Waals surface area contributed by atoms with E-state index in [4.69, 9.17) is 9.47 Å². The molecule has 0 radical (unpaired) electrons. The number of ketones is 1. The predicted molar refractivity (Wildman–Crippen MR) is 179 cm³/mol. The third-order valence-corrected chi connectivity index (χ3v) is 10.8. The molecule has 2 saturated carbocycles. The zero-order chi connectivity index (χ0) is 34.0. The van der Waals surface area contributed by atoms with Crippen LogP contribution in [0.3, 0.4) is 0 Å². The van der Waals surface area contributed by atoms with Gasteiger partial charge in [-0.05, 0) is 79.0 Å². The first-order chi connectivity index (χ1) is 23.0. The second-order valence-corrected chi connectivity index (χ2v) is 14.5. The van der Waals surface area contributed by atoms with Crippen LogP contribution >= 0.6 is 0 Å². The van der Waals surface area contributed by atoms with E-state index < -0.39 is 35.5 Å². The lowest BCUT2D eigenvalue weighted by molar-refractivity contribution is -0.187. The maximum atomic E-state index is 14.4. The van der Waals surface area contributed by atoms with Crippen molar-refractivity contribution in [2.24, 2.45) is 17.8 Å². The molecular weight excluding hydrogens is 608 g/mol. The maximum Gasteiger partial charge on any atom is 0.334 e. The predicted octanol–water partition coefficient (Wildman–Crippen LogP) is 6.19. The van der Waals surface area contributed by atoms with E-state index in [1.54, 1.807) is 6.07 Å². The van der Waals surface area contributed by atoms with Gasteiger partial charge in [0.05, 0.1) is 18.9 Å². The van der Waals surface area contributed by atoms with Crippen LogP contribution in [0.5, 0.6) is 11.5 Å². The fraction of sp³-hybridized carbons (Fsp3) is 0.525. The number of aliphatic hydroxyl groups is 2. The maximum absolute atomic E-state index is 14.4. The summed E-state index contributed by atoms with van der Waals surface area (Å²) in [5, 5.41) is 33.7. The van der Waals surface area contributed by atoms with Gasteiger partial charge >= 0.3 is 11.9 Å². The Bertz CT molecular complexity index is 1660. The van der Waals surface area contributed by atoms with Crippen LogP contribution in [-0.4, -0.2) is 44.7 Å². The minimum atomic E-state index is -1.40. The summed E-state index contributed by atoms with van der Waals surface area (Å²) < 4.78 is 12.0. The Balaban J connectivity index is 1.49. The minimum Gasteiger partial charge on any atom is -0.508 e. The number of phenols is 1. The van der Waals surface area contributed by atoms with Crippen LogP contribution in [0.2, 0.25) is 0 Å². The van der Waals surface area contributed by atoms with Crippen molar-refractivity contribution in [3.8, 4) is 23.3 Å². The normalized spacial score (nSPS) is 29.8. The number of carbonyl (C=O) groups excluding carboxylic acids is 3. The number of Topliss-reactive ketones (excluding diaryl/α,β-unsaturated/α-hetero) is 1. The average Bonchev–Trinajstić information content (AvgIpc) is 3.06. The topological polar surface area (TPSA) is 130 Å². The van der Waals surface area contributed by atoms with E-state index in [0.717, 1.165) is 24.0 Å². The second-order valence-electron chi connectivity index (χ2n) is 14.5. The molecule has 4 aliphatic rings. The van der Waals surface area contributed by atoms with Gasteiger partial charge in [0.2, 0.25) is 0 Å². The number of hydrogen-bond acceptors (Lipinski definition) is 8. The van der Waals surface area contributed by atoms with Gasteiger partial charge in [-0.25, -0.2) is 4.79 Å². The van der Waals surface area contributed by atoms with Crippen molar-refractivity contribution in [1.29, 1.82) is 0 Å². The lowest BCUT2D eigenvalue weighted by Gasteiger charge is -2.50. The van der Waals surface area contributed by atoms with Crippen molar-refractivity contribution < 1.29 is 39.2 Å². The number of phenolic OH excluding ortho intramolecular Hbond substituents is 1. The molecule has 6 atom stereocenters. The summed E-state index contributed by atoms with van der Waals surface area (Å²) in [7, 11) is 0. The van der Waals surface area contributed by atoms with Gasteiger partial charge in [-0.15, -0.1) is 0 Å². The lowest BCUT2D eigenvalue weighted by atomic mass is 9.60. The Kier molecular flexibility index (Phi) is 10.1. The van der Waals surface area contributed by atoms with Crippen LogP contribution in [0.15, 0.2) is 48.0 Å². The Labute approximate surface area is 282 Å². The number of aliphatic hydroxyl groups excluding tert-OH is 1. The molecule has 2 aliphatic heterocycles. The number of fused-ring (bicyclic) bond motifs is 2. The third kappa shape index (κ3) is 7.23. The molecule has 2 aromatic carbocycles. The van der Waals surface area contributed by atoms with Crippen LogP contribution in [0.25, 0.3) is 0 Å². The van der Waals surface area contributed by atoms with Crippen molar-refractivity contribution in [2.75, 3.05) is 0 Å². The number of cyclic esters (lactones) is 1. The fourth-order valence-electron chi connectivity index (χ4n) is 8.16. The number of allylic oxidation sites excluding steroid dienone is 1.